The second-order valence-corrected chi connectivity index (χ2v) is 4.64. The van der Waals surface area contributed by atoms with Crippen LogP contribution in [-0.4, -0.2) is 28.6 Å². The summed E-state index contributed by atoms with van der Waals surface area (Å²) in [7, 11) is 0. The number of β-amino-alcohol motifs (C(OH)–C–C–N with tert-alkyl or cyclic N) is 1. The SMILES string of the molecule is CC(O)CN1C(=O)c2ccc(C(F)(F)F)cc2C1C#N. The quantitative estimate of drug-likeness (QED) is 0.904. The van der Waals surface area contributed by atoms with Crippen molar-refractivity contribution in [2.24, 2.45) is 0 Å². The summed E-state index contributed by atoms with van der Waals surface area (Å²) < 4.78 is 38.0. The molecule has 1 aliphatic rings. The number of amides is 1. The number of aliphatic hydroxyl groups excluding tert-OH is 1. The van der Waals surface area contributed by atoms with Crippen LogP contribution in [-0.2, 0) is 6.18 Å². The lowest BCUT2D eigenvalue weighted by Gasteiger charge is -2.21. The number of aliphatic hydroxyl groups is 1. The molecule has 1 aliphatic heterocycles. The summed E-state index contributed by atoms with van der Waals surface area (Å²) in [4.78, 5) is 13.1. The predicted octanol–water partition coefficient (Wildman–Crippen LogP) is 2.11. The van der Waals surface area contributed by atoms with Crippen molar-refractivity contribution in [2.75, 3.05) is 6.54 Å². The first-order chi connectivity index (χ1) is 9.25. The van der Waals surface area contributed by atoms with Gasteiger partial charge in [-0.15, -0.1) is 0 Å². The molecule has 1 N–H and O–H groups in total. The monoisotopic (exact) mass is 284 g/mol. The molecule has 2 rings (SSSR count). The average molecular weight is 284 g/mol. The Balaban J connectivity index is 2.48. The molecule has 0 radical (unpaired) electrons. The van der Waals surface area contributed by atoms with Gasteiger partial charge in [0.05, 0.1) is 17.7 Å². The molecule has 20 heavy (non-hydrogen) atoms. The summed E-state index contributed by atoms with van der Waals surface area (Å²) in [6, 6.07) is 3.42. The lowest BCUT2D eigenvalue weighted by atomic mass is 10.0. The number of nitriles is 1. The van der Waals surface area contributed by atoms with Gasteiger partial charge in [0.15, 0.2) is 0 Å². The Labute approximate surface area is 113 Å². The summed E-state index contributed by atoms with van der Waals surface area (Å²) >= 11 is 0. The smallest absolute Gasteiger partial charge is 0.392 e. The van der Waals surface area contributed by atoms with E-state index in [1.165, 1.54) is 6.92 Å². The highest BCUT2D eigenvalue weighted by molar-refractivity contribution is 5.99. The predicted molar refractivity (Wildman–Crippen MR) is 62.5 cm³/mol. The van der Waals surface area contributed by atoms with Crippen molar-refractivity contribution in [3.8, 4) is 6.07 Å². The van der Waals surface area contributed by atoms with Crippen LogP contribution in [0.15, 0.2) is 18.2 Å². The van der Waals surface area contributed by atoms with Gasteiger partial charge in [-0.1, -0.05) is 0 Å². The second-order valence-electron chi connectivity index (χ2n) is 4.64. The molecule has 0 fully saturated rings. The molecule has 0 aliphatic carbocycles. The van der Waals surface area contributed by atoms with E-state index in [0.717, 1.165) is 23.1 Å². The molecule has 4 nitrogen and oxygen atoms in total. The van der Waals surface area contributed by atoms with Gasteiger partial charge in [-0.05, 0) is 25.1 Å². The summed E-state index contributed by atoms with van der Waals surface area (Å²) in [5, 5.41) is 18.4. The van der Waals surface area contributed by atoms with E-state index >= 15 is 0 Å². The van der Waals surface area contributed by atoms with E-state index in [-0.39, 0.29) is 17.7 Å². The fourth-order valence-corrected chi connectivity index (χ4v) is 2.21. The minimum Gasteiger partial charge on any atom is -0.392 e. The van der Waals surface area contributed by atoms with E-state index < -0.39 is 29.8 Å². The lowest BCUT2D eigenvalue weighted by molar-refractivity contribution is -0.137. The van der Waals surface area contributed by atoms with E-state index in [1.807, 2.05) is 6.07 Å². The Morgan fingerprint density at radius 2 is 2.15 bits per heavy atom. The van der Waals surface area contributed by atoms with Gasteiger partial charge in [-0.25, -0.2) is 0 Å². The zero-order chi connectivity index (χ0) is 15.1. The van der Waals surface area contributed by atoms with E-state index in [2.05, 4.69) is 0 Å². The fraction of sp³-hybridized carbons (Fsp3) is 0.385. The molecule has 1 aromatic carbocycles. The average Bonchev–Trinajstić information content (AvgIpc) is 2.60. The van der Waals surface area contributed by atoms with Crippen molar-refractivity contribution in [2.45, 2.75) is 25.2 Å². The van der Waals surface area contributed by atoms with Gasteiger partial charge in [0.1, 0.15) is 6.04 Å². The highest BCUT2D eigenvalue weighted by atomic mass is 19.4. The van der Waals surface area contributed by atoms with Crippen molar-refractivity contribution < 1.29 is 23.1 Å². The van der Waals surface area contributed by atoms with Crippen LogP contribution in [0.3, 0.4) is 0 Å². The third-order valence-electron chi connectivity index (χ3n) is 3.06. The van der Waals surface area contributed by atoms with Crippen LogP contribution in [0.5, 0.6) is 0 Å². The summed E-state index contributed by atoms with van der Waals surface area (Å²) in [6.45, 7) is 1.33. The molecule has 0 saturated heterocycles. The normalized spacial score (nSPS) is 19.7. The lowest BCUT2D eigenvalue weighted by Crippen LogP contribution is -2.33. The number of alkyl halides is 3. The van der Waals surface area contributed by atoms with Crippen LogP contribution in [0.2, 0.25) is 0 Å². The maximum Gasteiger partial charge on any atom is 0.416 e. The molecule has 2 atom stereocenters. The summed E-state index contributed by atoms with van der Waals surface area (Å²) in [6.07, 6.45) is -5.40. The van der Waals surface area contributed by atoms with Crippen LogP contribution in [0.1, 0.15) is 34.5 Å². The molecular weight excluding hydrogens is 273 g/mol. The van der Waals surface area contributed by atoms with Gasteiger partial charge in [-0.2, -0.15) is 18.4 Å². The van der Waals surface area contributed by atoms with Crippen LogP contribution in [0.4, 0.5) is 13.2 Å². The van der Waals surface area contributed by atoms with Crippen LogP contribution < -0.4 is 0 Å². The molecule has 1 heterocycles. The number of hydrogen-bond donors (Lipinski definition) is 1. The van der Waals surface area contributed by atoms with E-state index in [0.29, 0.717) is 0 Å². The van der Waals surface area contributed by atoms with Gasteiger partial charge >= 0.3 is 6.18 Å². The Bertz CT molecular complexity index is 590. The first kappa shape index (κ1) is 14.3. The van der Waals surface area contributed by atoms with Crippen LogP contribution >= 0.6 is 0 Å². The van der Waals surface area contributed by atoms with Crippen molar-refractivity contribution in [1.29, 1.82) is 5.26 Å². The maximum atomic E-state index is 12.7. The standard InChI is InChI=1S/C13H11F3N2O2/c1-7(19)6-18-11(5-17)10-4-8(13(14,15)16)2-3-9(10)12(18)20/h2-4,7,11,19H,6H2,1H3. The molecular formula is C13H11F3N2O2. The van der Waals surface area contributed by atoms with E-state index in [4.69, 9.17) is 5.26 Å². The highest BCUT2D eigenvalue weighted by Gasteiger charge is 2.40. The summed E-state index contributed by atoms with van der Waals surface area (Å²) in [5.41, 5.74) is -0.790. The Hall–Kier alpha value is -2.07. The van der Waals surface area contributed by atoms with Crippen molar-refractivity contribution >= 4 is 5.91 Å². The molecule has 1 aromatic rings. The zero-order valence-corrected chi connectivity index (χ0v) is 10.5. The number of nitrogens with zero attached hydrogens (tertiary/aromatic N) is 2. The van der Waals surface area contributed by atoms with Gasteiger partial charge in [0, 0.05) is 17.7 Å². The second kappa shape index (κ2) is 4.80. The third-order valence-corrected chi connectivity index (χ3v) is 3.06. The minimum absolute atomic E-state index is 0.0352. The maximum absolute atomic E-state index is 12.7. The van der Waals surface area contributed by atoms with Gasteiger partial charge in [-0.3, -0.25) is 4.79 Å². The number of halogens is 3. The number of carbonyl (C=O) groups is 1. The number of carbonyl (C=O) groups excluding carboxylic acids is 1. The molecule has 0 saturated carbocycles. The van der Waals surface area contributed by atoms with Gasteiger partial charge < -0.3 is 10.0 Å². The first-order valence-electron chi connectivity index (χ1n) is 5.85. The van der Waals surface area contributed by atoms with Crippen LogP contribution in [0, 0.1) is 11.3 Å². The van der Waals surface area contributed by atoms with E-state index in [1.54, 1.807) is 0 Å². The largest absolute Gasteiger partial charge is 0.416 e. The molecule has 0 bridgehead atoms. The molecule has 7 heteroatoms. The highest BCUT2D eigenvalue weighted by Crippen LogP contribution is 2.38. The van der Waals surface area contributed by atoms with Crippen molar-refractivity contribution in [3.63, 3.8) is 0 Å². The Kier molecular flexibility index (Phi) is 3.44. The number of hydrogen-bond acceptors (Lipinski definition) is 3. The molecule has 106 valence electrons. The van der Waals surface area contributed by atoms with Crippen molar-refractivity contribution in [1.82, 2.24) is 4.90 Å². The fourth-order valence-electron chi connectivity index (χ4n) is 2.21. The number of fused-ring (bicyclic) bond motifs is 1. The first-order valence-corrected chi connectivity index (χ1v) is 5.85. The van der Waals surface area contributed by atoms with Gasteiger partial charge in [0.25, 0.3) is 5.91 Å². The van der Waals surface area contributed by atoms with E-state index in [9.17, 15) is 23.1 Å². The molecule has 0 spiro atoms. The van der Waals surface area contributed by atoms with Crippen LogP contribution in [0.25, 0.3) is 0 Å². The Morgan fingerprint density at radius 1 is 1.50 bits per heavy atom. The minimum atomic E-state index is -4.53. The molecule has 1 amide bonds. The van der Waals surface area contributed by atoms with Gasteiger partial charge in [0.2, 0.25) is 0 Å². The Morgan fingerprint density at radius 3 is 2.65 bits per heavy atom. The molecule has 0 aromatic heterocycles. The molecule has 2 unspecified atom stereocenters. The zero-order valence-electron chi connectivity index (χ0n) is 10.5. The third kappa shape index (κ3) is 2.34. The number of rotatable bonds is 2. The van der Waals surface area contributed by atoms with Crippen molar-refractivity contribution in [3.05, 3.63) is 34.9 Å². The summed E-state index contributed by atoms with van der Waals surface area (Å²) in [5.74, 6) is -0.541. The number of benzene rings is 1. The topological polar surface area (TPSA) is 64.3 Å².